The van der Waals surface area contributed by atoms with Crippen LogP contribution in [0.4, 0.5) is 0 Å². The van der Waals surface area contributed by atoms with Crippen molar-refractivity contribution in [2.75, 3.05) is 0 Å². The Labute approximate surface area is 129 Å². The molecule has 3 nitrogen and oxygen atoms in total. The van der Waals surface area contributed by atoms with E-state index in [1.54, 1.807) is 0 Å². The zero-order chi connectivity index (χ0) is 14.8. The molecule has 2 aromatic carbocycles. The van der Waals surface area contributed by atoms with Crippen molar-refractivity contribution in [1.82, 2.24) is 9.99 Å². The summed E-state index contributed by atoms with van der Waals surface area (Å²) in [5.41, 5.74) is 7.99. The van der Waals surface area contributed by atoms with Gasteiger partial charge in [-0.25, -0.2) is 0 Å². The van der Waals surface area contributed by atoms with Gasteiger partial charge in [0, 0.05) is 24.5 Å². The summed E-state index contributed by atoms with van der Waals surface area (Å²) < 4.78 is 2.11. The fraction of sp³-hybridized carbons (Fsp3) is 0.105. The highest BCUT2D eigenvalue weighted by atomic mass is 15.3. The Balaban J connectivity index is 1.58. The van der Waals surface area contributed by atoms with E-state index in [2.05, 4.69) is 76.0 Å². The van der Waals surface area contributed by atoms with Gasteiger partial charge in [-0.05, 0) is 35.4 Å². The van der Waals surface area contributed by atoms with Crippen molar-refractivity contribution in [1.29, 1.82) is 0 Å². The molecular formula is C19H17N3. The van der Waals surface area contributed by atoms with Crippen molar-refractivity contribution in [3.05, 3.63) is 90.3 Å². The van der Waals surface area contributed by atoms with Crippen LogP contribution in [0.2, 0.25) is 0 Å². The SMILES string of the molecule is c1ccc(C2CC(c3cccc(-n4cccc4)c3)=NN2)cc1. The van der Waals surface area contributed by atoms with Gasteiger partial charge in [0.05, 0.1) is 11.8 Å². The van der Waals surface area contributed by atoms with Gasteiger partial charge in [0.1, 0.15) is 0 Å². The van der Waals surface area contributed by atoms with E-state index in [1.165, 1.54) is 11.1 Å². The molecule has 0 spiro atoms. The van der Waals surface area contributed by atoms with Gasteiger partial charge in [0.25, 0.3) is 0 Å². The van der Waals surface area contributed by atoms with E-state index in [-0.39, 0.29) is 6.04 Å². The average molecular weight is 287 g/mol. The molecule has 0 bridgehead atoms. The average Bonchev–Trinajstić information content (AvgIpc) is 3.28. The molecule has 1 atom stereocenters. The molecule has 3 heteroatoms. The molecule has 0 fully saturated rings. The van der Waals surface area contributed by atoms with Crippen molar-refractivity contribution in [3.63, 3.8) is 0 Å². The summed E-state index contributed by atoms with van der Waals surface area (Å²) in [6.45, 7) is 0. The standard InChI is InChI=1S/C19H17N3/c1-2-7-15(8-3-1)18-14-19(21-20-18)16-9-6-10-17(13-16)22-11-4-5-12-22/h1-13,18,20H,14H2. The summed E-state index contributed by atoms with van der Waals surface area (Å²) in [6, 6.07) is 23.3. The monoisotopic (exact) mass is 287 g/mol. The Bertz CT molecular complexity index is 789. The van der Waals surface area contributed by atoms with Crippen molar-refractivity contribution in [2.24, 2.45) is 5.10 Å². The van der Waals surface area contributed by atoms with E-state index >= 15 is 0 Å². The molecule has 0 saturated heterocycles. The highest BCUT2D eigenvalue weighted by molar-refractivity contribution is 6.02. The smallest absolute Gasteiger partial charge is 0.0745 e. The molecule has 2 heterocycles. The number of rotatable bonds is 3. The highest BCUT2D eigenvalue weighted by Gasteiger charge is 2.21. The predicted octanol–water partition coefficient (Wildman–Crippen LogP) is 3.92. The third kappa shape index (κ3) is 2.42. The molecule has 108 valence electrons. The molecule has 3 aromatic rings. The lowest BCUT2D eigenvalue weighted by atomic mass is 9.99. The van der Waals surface area contributed by atoms with E-state index in [0.29, 0.717) is 0 Å². The van der Waals surface area contributed by atoms with Gasteiger partial charge in [0.15, 0.2) is 0 Å². The van der Waals surface area contributed by atoms with Crippen LogP contribution in [0.1, 0.15) is 23.6 Å². The molecule has 1 aromatic heterocycles. The highest BCUT2D eigenvalue weighted by Crippen LogP contribution is 2.25. The van der Waals surface area contributed by atoms with Crippen LogP contribution in [-0.4, -0.2) is 10.3 Å². The van der Waals surface area contributed by atoms with Gasteiger partial charge >= 0.3 is 0 Å². The van der Waals surface area contributed by atoms with Crippen molar-refractivity contribution in [2.45, 2.75) is 12.5 Å². The lowest BCUT2D eigenvalue weighted by molar-refractivity contribution is 0.620. The molecule has 22 heavy (non-hydrogen) atoms. The Morgan fingerprint density at radius 3 is 2.55 bits per heavy atom. The molecule has 1 aliphatic rings. The van der Waals surface area contributed by atoms with Crippen LogP contribution < -0.4 is 5.43 Å². The lowest BCUT2D eigenvalue weighted by Crippen LogP contribution is -2.09. The minimum atomic E-state index is 0.270. The fourth-order valence-electron chi connectivity index (χ4n) is 2.85. The number of benzene rings is 2. The topological polar surface area (TPSA) is 29.3 Å². The second kappa shape index (κ2) is 5.53. The van der Waals surface area contributed by atoms with Crippen molar-refractivity contribution >= 4 is 5.71 Å². The van der Waals surface area contributed by atoms with Gasteiger partial charge in [0.2, 0.25) is 0 Å². The number of hydrogen-bond donors (Lipinski definition) is 1. The van der Waals surface area contributed by atoms with E-state index in [0.717, 1.165) is 17.8 Å². The maximum atomic E-state index is 4.54. The molecule has 1 unspecified atom stereocenters. The minimum absolute atomic E-state index is 0.270. The summed E-state index contributed by atoms with van der Waals surface area (Å²) in [5, 5.41) is 4.54. The van der Waals surface area contributed by atoms with Crippen LogP contribution in [0.25, 0.3) is 5.69 Å². The quantitative estimate of drug-likeness (QED) is 0.777. The Kier molecular flexibility index (Phi) is 3.24. The first-order valence-corrected chi connectivity index (χ1v) is 7.51. The van der Waals surface area contributed by atoms with E-state index in [4.69, 9.17) is 0 Å². The van der Waals surface area contributed by atoms with Crippen molar-refractivity contribution in [3.8, 4) is 5.69 Å². The summed E-state index contributed by atoms with van der Waals surface area (Å²) in [6.07, 6.45) is 5.03. The fourth-order valence-corrected chi connectivity index (χ4v) is 2.85. The molecule has 4 rings (SSSR count). The first-order chi connectivity index (χ1) is 10.9. The second-order valence-electron chi connectivity index (χ2n) is 5.50. The molecule has 1 N–H and O–H groups in total. The van der Waals surface area contributed by atoms with Crippen molar-refractivity contribution < 1.29 is 0 Å². The van der Waals surface area contributed by atoms with Gasteiger partial charge in [-0.15, -0.1) is 0 Å². The normalized spacial score (nSPS) is 17.1. The first-order valence-electron chi connectivity index (χ1n) is 7.51. The van der Waals surface area contributed by atoms with Crippen LogP contribution >= 0.6 is 0 Å². The zero-order valence-corrected chi connectivity index (χ0v) is 12.2. The summed E-state index contributed by atoms with van der Waals surface area (Å²) in [4.78, 5) is 0. The van der Waals surface area contributed by atoms with E-state index in [9.17, 15) is 0 Å². The Morgan fingerprint density at radius 1 is 0.909 bits per heavy atom. The Hall–Kier alpha value is -2.81. The van der Waals surface area contributed by atoms with Crippen LogP contribution in [0.3, 0.4) is 0 Å². The number of hydrazone groups is 1. The molecule has 0 aliphatic carbocycles. The largest absolute Gasteiger partial charge is 0.324 e. The maximum absolute atomic E-state index is 4.54. The Morgan fingerprint density at radius 2 is 1.73 bits per heavy atom. The zero-order valence-electron chi connectivity index (χ0n) is 12.2. The van der Waals surface area contributed by atoms with Gasteiger partial charge < -0.3 is 9.99 Å². The minimum Gasteiger partial charge on any atom is -0.324 e. The molecular weight excluding hydrogens is 270 g/mol. The second-order valence-corrected chi connectivity index (χ2v) is 5.50. The molecule has 0 radical (unpaired) electrons. The predicted molar refractivity (Wildman–Crippen MR) is 89.2 cm³/mol. The summed E-state index contributed by atoms with van der Waals surface area (Å²) in [5.74, 6) is 0. The van der Waals surface area contributed by atoms with Gasteiger partial charge in [-0.3, -0.25) is 0 Å². The van der Waals surface area contributed by atoms with Crippen LogP contribution in [0.5, 0.6) is 0 Å². The number of nitrogens with zero attached hydrogens (tertiary/aromatic N) is 2. The van der Waals surface area contributed by atoms with Gasteiger partial charge in [-0.2, -0.15) is 5.10 Å². The number of nitrogens with one attached hydrogen (secondary N) is 1. The van der Waals surface area contributed by atoms with Gasteiger partial charge in [-0.1, -0.05) is 42.5 Å². The third-order valence-electron chi connectivity index (χ3n) is 4.04. The summed E-state index contributed by atoms with van der Waals surface area (Å²) in [7, 11) is 0. The molecule has 0 saturated carbocycles. The molecule has 1 aliphatic heterocycles. The van der Waals surface area contributed by atoms with E-state index in [1.807, 2.05) is 18.2 Å². The summed E-state index contributed by atoms with van der Waals surface area (Å²) >= 11 is 0. The van der Waals surface area contributed by atoms with Crippen LogP contribution in [0, 0.1) is 0 Å². The number of aromatic nitrogens is 1. The lowest BCUT2D eigenvalue weighted by Gasteiger charge is -2.10. The first kappa shape index (κ1) is 12.9. The van der Waals surface area contributed by atoms with Crippen LogP contribution in [0.15, 0.2) is 84.2 Å². The third-order valence-corrected chi connectivity index (χ3v) is 4.04. The van der Waals surface area contributed by atoms with Crippen LogP contribution in [-0.2, 0) is 0 Å². The maximum Gasteiger partial charge on any atom is 0.0745 e. The number of hydrogen-bond acceptors (Lipinski definition) is 2. The van der Waals surface area contributed by atoms with E-state index < -0.39 is 0 Å². The molecule has 0 amide bonds.